The first-order valence-corrected chi connectivity index (χ1v) is 12.9. The third kappa shape index (κ3) is 5.61. The van der Waals surface area contributed by atoms with Gasteiger partial charge in [0.15, 0.2) is 11.6 Å². The van der Waals surface area contributed by atoms with E-state index in [4.69, 9.17) is 0 Å². The van der Waals surface area contributed by atoms with Crippen LogP contribution in [-0.4, -0.2) is 60.4 Å². The monoisotopic (exact) mass is 532 g/mol. The second kappa shape index (κ2) is 12.1. The number of para-hydroxylation sites is 2. The average molecular weight is 533 g/mol. The number of fused-ring (bicyclic) bond motifs is 2. The van der Waals surface area contributed by atoms with Crippen molar-refractivity contribution in [3.8, 4) is 11.5 Å². The van der Waals surface area contributed by atoms with E-state index in [2.05, 4.69) is 20.6 Å². The molecule has 8 heteroatoms. The van der Waals surface area contributed by atoms with Gasteiger partial charge in [0.2, 0.25) is 0 Å². The van der Waals surface area contributed by atoms with Gasteiger partial charge in [-0.1, -0.05) is 48.5 Å². The van der Waals surface area contributed by atoms with Crippen LogP contribution in [0.4, 0.5) is 11.4 Å². The van der Waals surface area contributed by atoms with Crippen LogP contribution < -0.4 is 10.6 Å². The zero-order chi connectivity index (χ0) is 27.9. The maximum absolute atomic E-state index is 13.8. The van der Waals surface area contributed by atoms with Gasteiger partial charge in [-0.25, -0.2) is 0 Å². The smallest absolute Gasteiger partial charge is 0.198 e. The molecule has 0 aliphatic heterocycles. The minimum Gasteiger partial charge on any atom is -0.507 e. The summed E-state index contributed by atoms with van der Waals surface area (Å²) < 4.78 is 0. The molecule has 4 aromatic rings. The zero-order valence-electron chi connectivity index (χ0n) is 21.7. The van der Waals surface area contributed by atoms with Gasteiger partial charge in [0.1, 0.15) is 11.5 Å². The lowest BCUT2D eigenvalue weighted by Crippen LogP contribution is -2.24. The molecule has 0 aromatic heterocycles. The van der Waals surface area contributed by atoms with Crippen LogP contribution in [0.1, 0.15) is 43.0 Å². The highest BCUT2D eigenvalue weighted by molar-refractivity contribution is 6.31. The van der Waals surface area contributed by atoms with Crippen molar-refractivity contribution in [2.45, 2.75) is 0 Å². The number of anilines is 2. The van der Waals surface area contributed by atoms with E-state index < -0.39 is 0 Å². The molecule has 0 amide bonds. The molecule has 0 saturated heterocycles. The van der Waals surface area contributed by atoms with Crippen LogP contribution in [0.5, 0.6) is 11.5 Å². The van der Waals surface area contributed by atoms with Crippen molar-refractivity contribution in [3.63, 3.8) is 0 Å². The van der Waals surface area contributed by atoms with E-state index in [1.54, 1.807) is 85.2 Å². The summed E-state index contributed by atoms with van der Waals surface area (Å²) >= 11 is 0. The summed E-state index contributed by atoms with van der Waals surface area (Å²) in [6.45, 7) is 1.68. The van der Waals surface area contributed by atoms with E-state index >= 15 is 0 Å². The quantitative estimate of drug-likeness (QED) is 0.149. The minimum atomic E-state index is -0.230. The molecule has 200 valence electrons. The molecule has 0 unspecified atom stereocenters. The molecule has 5 rings (SSSR count). The Balaban J connectivity index is 1.28. The number of nitrogens with one attached hydrogen (secondary N) is 2. The van der Waals surface area contributed by atoms with Crippen molar-refractivity contribution in [2.24, 2.45) is 9.98 Å². The fraction of sp³-hybridized carbons (Fsp3) is 0.125. The number of carbonyl (C=O) groups is 2. The summed E-state index contributed by atoms with van der Waals surface area (Å²) in [6.07, 6.45) is 3.21. The predicted octanol–water partition coefficient (Wildman–Crippen LogP) is 4.94. The Hall–Kier alpha value is -5.24. The van der Waals surface area contributed by atoms with Crippen LogP contribution in [0.2, 0.25) is 0 Å². The third-order valence-electron chi connectivity index (χ3n) is 6.52. The first-order valence-electron chi connectivity index (χ1n) is 12.9. The summed E-state index contributed by atoms with van der Waals surface area (Å²) in [6, 6.07) is 24.3. The highest BCUT2D eigenvalue weighted by Gasteiger charge is 2.33. The Morgan fingerprint density at radius 1 is 0.575 bits per heavy atom. The molecule has 1 aliphatic rings. The fourth-order valence-electron chi connectivity index (χ4n) is 4.57. The second-order valence-electron chi connectivity index (χ2n) is 9.16. The number of ketones is 2. The summed E-state index contributed by atoms with van der Waals surface area (Å²) in [5.41, 5.74) is 3.81. The number of nitrogens with zero attached hydrogens (tertiary/aromatic N) is 2. The molecule has 8 nitrogen and oxygen atoms in total. The lowest BCUT2D eigenvalue weighted by molar-refractivity contribution is 0.0980. The maximum Gasteiger partial charge on any atom is 0.198 e. The van der Waals surface area contributed by atoms with Gasteiger partial charge in [0, 0.05) is 59.1 Å². The fourth-order valence-corrected chi connectivity index (χ4v) is 4.57. The second-order valence-corrected chi connectivity index (χ2v) is 9.16. The van der Waals surface area contributed by atoms with Gasteiger partial charge in [-0.05, 0) is 36.4 Å². The van der Waals surface area contributed by atoms with Crippen molar-refractivity contribution in [1.29, 1.82) is 0 Å². The van der Waals surface area contributed by atoms with Gasteiger partial charge in [-0.15, -0.1) is 0 Å². The standard InChI is InChI=1S/C32H28N4O4/c37-27-13-3-1-7-21(27)19-33-15-17-35-25-11-5-9-23-29(25)32(40)30-24(31(23)39)10-6-12-26(30)36-18-16-34-20-22-8-2-4-14-28(22)38/h1-14,19-20,35-38H,15-18H2. The summed E-state index contributed by atoms with van der Waals surface area (Å²) in [7, 11) is 0. The van der Waals surface area contributed by atoms with Crippen molar-refractivity contribution in [1.82, 2.24) is 0 Å². The molecule has 4 N–H and O–H groups in total. The van der Waals surface area contributed by atoms with Crippen LogP contribution in [-0.2, 0) is 0 Å². The molecular weight excluding hydrogens is 504 g/mol. The van der Waals surface area contributed by atoms with Gasteiger partial charge < -0.3 is 20.8 Å². The average Bonchev–Trinajstić information content (AvgIpc) is 2.97. The lowest BCUT2D eigenvalue weighted by atomic mass is 9.82. The Bertz CT molecular complexity index is 1510. The molecule has 0 fully saturated rings. The van der Waals surface area contributed by atoms with Crippen molar-refractivity contribution in [3.05, 3.63) is 118 Å². The number of rotatable bonds is 10. The Kier molecular flexibility index (Phi) is 7.97. The van der Waals surface area contributed by atoms with Crippen molar-refractivity contribution < 1.29 is 19.8 Å². The summed E-state index contributed by atoms with van der Waals surface area (Å²) in [5, 5.41) is 26.2. The molecule has 4 aromatic carbocycles. The van der Waals surface area contributed by atoms with E-state index in [0.717, 1.165) is 0 Å². The predicted molar refractivity (Wildman–Crippen MR) is 158 cm³/mol. The molecule has 40 heavy (non-hydrogen) atoms. The highest BCUT2D eigenvalue weighted by atomic mass is 16.3. The number of benzene rings is 4. The van der Waals surface area contributed by atoms with Crippen LogP contribution in [0.3, 0.4) is 0 Å². The Morgan fingerprint density at radius 2 is 1.02 bits per heavy atom. The number of phenols is 2. The van der Waals surface area contributed by atoms with Crippen LogP contribution in [0, 0.1) is 0 Å². The van der Waals surface area contributed by atoms with Crippen LogP contribution in [0.25, 0.3) is 0 Å². The molecule has 0 heterocycles. The largest absolute Gasteiger partial charge is 0.507 e. The molecule has 1 aliphatic carbocycles. The molecule has 0 atom stereocenters. The number of hydrogen-bond donors (Lipinski definition) is 4. The van der Waals surface area contributed by atoms with Crippen molar-refractivity contribution in [2.75, 3.05) is 36.8 Å². The molecular formula is C32H28N4O4. The lowest BCUT2D eigenvalue weighted by Gasteiger charge is -2.23. The SMILES string of the molecule is O=C1c2cccc(NCCN=Cc3ccccc3O)c2C(=O)c2c(NCCN=Cc3ccccc3O)cccc21. The summed E-state index contributed by atoms with van der Waals surface area (Å²) in [4.78, 5) is 35.9. The number of carbonyl (C=O) groups excluding carboxylic acids is 2. The molecule has 0 radical (unpaired) electrons. The van der Waals surface area contributed by atoms with E-state index in [-0.39, 0.29) is 23.1 Å². The first-order chi connectivity index (χ1) is 19.5. The molecule has 0 bridgehead atoms. The number of aromatic hydroxyl groups is 2. The normalized spacial score (nSPS) is 12.5. The molecule has 0 spiro atoms. The minimum absolute atomic E-state index is 0.158. The van der Waals surface area contributed by atoms with E-state index in [1.807, 2.05) is 12.1 Å². The third-order valence-corrected chi connectivity index (χ3v) is 6.52. The van der Waals surface area contributed by atoms with Crippen LogP contribution >= 0.6 is 0 Å². The zero-order valence-corrected chi connectivity index (χ0v) is 21.7. The van der Waals surface area contributed by atoms with Crippen LogP contribution in [0.15, 0.2) is 94.9 Å². The Labute approximate surface area is 231 Å². The number of phenolic OH excluding ortho intramolecular Hbond substituents is 2. The topological polar surface area (TPSA) is 123 Å². The summed E-state index contributed by atoms with van der Waals surface area (Å²) in [5.74, 6) is -0.116. The van der Waals surface area contributed by atoms with Gasteiger partial charge >= 0.3 is 0 Å². The molecule has 0 saturated carbocycles. The van der Waals surface area contributed by atoms with E-state index in [0.29, 0.717) is 70.9 Å². The van der Waals surface area contributed by atoms with Gasteiger partial charge in [-0.3, -0.25) is 19.6 Å². The highest BCUT2D eigenvalue weighted by Crippen LogP contribution is 2.35. The van der Waals surface area contributed by atoms with E-state index in [1.165, 1.54) is 0 Å². The van der Waals surface area contributed by atoms with Crippen molar-refractivity contribution >= 4 is 35.4 Å². The Morgan fingerprint density at radius 3 is 1.48 bits per heavy atom. The number of hydrogen-bond acceptors (Lipinski definition) is 8. The van der Waals surface area contributed by atoms with E-state index in [9.17, 15) is 19.8 Å². The van der Waals surface area contributed by atoms with Gasteiger partial charge in [-0.2, -0.15) is 0 Å². The van der Waals surface area contributed by atoms with Gasteiger partial charge in [0.05, 0.1) is 24.2 Å². The van der Waals surface area contributed by atoms with Gasteiger partial charge in [0.25, 0.3) is 0 Å². The first kappa shape index (κ1) is 26.4. The maximum atomic E-state index is 13.8. The number of aliphatic imine (C=N–C) groups is 2.